The Balaban J connectivity index is 3.22. The van der Waals surface area contributed by atoms with Gasteiger partial charge in [-0.3, -0.25) is 0 Å². The fourth-order valence-electron chi connectivity index (χ4n) is 0.814. The lowest BCUT2D eigenvalue weighted by Crippen LogP contribution is -2.25. The Labute approximate surface area is 66.9 Å². The number of hydrogen-bond acceptors (Lipinski definition) is 4. The summed E-state index contributed by atoms with van der Waals surface area (Å²) in [6.07, 6.45) is -0.162. The van der Waals surface area contributed by atoms with Crippen molar-refractivity contribution >= 4 is 0 Å². The van der Waals surface area contributed by atoms with E-state index in [-0.39, 0.29) is 6.61 Å². The van der Waals surface area contributed by atoms with Gasteiger partial charge in [0.25, 0.3) is 0 Å². The van der Waals surface area contributed by atoms with Gasteiger partial charge in [0.05, 0.1) is 18.8 Å². The van der Waals surface area contributed by atoms with E-state index >= 15 is 0 Å². The molecule has 0 heterocycles. The van der Waals surface area contributed by atoms with Crippen LogP contribution < -0.4 is 5.32 Å². The van der Waals surface area contributed by atoms with Crippen molar-refractivity contribution in [1.29, 1.82) is 0 Å². The van der Waals surface area contributed by atoms with Crippen LogP contribution in [0, 0.1) is 0 Å². The second-order valence-corrected chi connectivity index (χ2v) is 2.63. The predicted molar refractivity (Wildman–Crippen MR) is 42.3 cm³/mol. The smallest absolute Gasteiger partial charge is 0.0771 e. The summed E-state index contributed by atoms with van der Waals surface area (Å²) in [6.45, 7) is 0.296. The zero-order valence-corrected chi connectivity index (χ0v) is 6.82. The highest BCUT2D eigenvalue weighted by Gasteiger charge is 2.06. The molecule has 11 heavy (non-hydrogen) atoms. The van der Waals surface area contributed by atoms with E-state index < -0.39 is 12.2 Å². The van der Waals surface area contributed by atoms with Gasteiger partial charge < -0.3 is 20.6 Å². The third kappa shape index (κ3) is 6.25. The zero-order chi connectivity index (χ0) is 8.69. The first-order valence-electron chi connectivity index (χ1n) is 3.82. The van der Waals surface area contributed by atoms with E-state index in [0.717, 1.165) is 0 Å². The molecule has 68 valence electrons. The molecule has 0 aromatic heterocycles. The molecule has 0 radical (unpaired) electrons. The molecule has 0 aliphatic rings. The van der Waals surface area contributed by atoms with Crippen molar-refractivity contribution in [2.45, 2.75) is 25.0 Å². The molecular formula is C7H17NO3. The minimum atomic E-state index is -0.693. The lowest BCUT2D eigenvalue weighted by Gasteiger charge is -2.11. The van der Waals surface area contributed by atoms with E-state index in [9.17, 15) is 0 Å². The number of hydrogen-bond donors (Lipinski definition) is 4. The average molecular weight is 163 g/mol. The van der Waals surface area contributed by atoms with Gasteiger partial charge >= 0.3 is 0 Å². The van der Waals surface area contributed by atoms with Gasteiger partial charge in [-0.2, -0.15) is 0 Å². The van der Waals surface area contributed by atoms with Crippen molar-refractivity contribution in [3.05, 3.63) is 0 Å². The molecule has 2 unspecified atom stereocenters. The molecule has 0 saturated heterocycles. The van der Waals surface area contributed by atoms with Crippen molar-refractivity contribution in [3.63, 3.8) is 0 Å². The first-order valence-corrected chi connectivity index (χ1v) is 3.82. The molecule has 0 aliphatic heterocycles. The van der Waals surface area contributed by atoms with E-state index in [0.29, 0.717) is 19.4 Å². The highest BCUT2D eigenvalue weighted by atomic mass is 16.3. The molecule has 2 atom stereocenters. The van der Waals surface area contributed by atoms with Crippen molar-refractivity contribution < 1.29 is 15.3 Å². The third-order valence-electron chi connectivity index (χ3n) is 1.48. The summed E-state index contributed by atoms with van der Waals surface area (Å²) < 4.78 is 0. The van der Waals surface area contributed by atoms with Crippen LogP contribution in [0.4, 0.5) is 0 Å². The lowest BCUT2D eigenvalue weighted by molar-refractivity contribution is 0.0687. The summed E-state index contributed by atoms with van der Waals surface area (Å²) in [5, 5.41) is 29.3. The topological polar surface area (TPSA) is 72.7 Å². The number of aliphatic hydroxyl groups is 3. The second-order valence-electron chi connectivity index (χ2n) is 2.63. The zero-order valence-electron chi connectivity index (χ0n) is 6.82. The Morgan fingerprint density at radius 3 is 2.18 bits per heavy atom. The van der Waals surface area contributed by atoms with Gasteiger partial charge in [0.15, 0.2) is 0 Å². The second kappa shape index (κ2) is 6.54. The Bertz CT molecular complexity index is 89.8. The molecule has 4 heteroatoms. The van der Waals surface area contributed by atoms with Crippen molar-refractivity contribution in [2.24, 2.45) is 0 Å². The average Bonchev–Trinajstić information content (AvgIpc) is 2.01. The van der Waals surface area contributed by atoms with Crippen LogP contribution in [0.3, 0.4) is 0 Å². The van der Waals surface area contributed by atoms with E-state index in [1.165, 1.54) is 0 Å². The summed E-state index contributed by atoms with van der Waals surface area (Å²) in [5.74, 6) is 0. The Kier molecular flexibility index (Phi) is 6.45. The minimum Gasteiger partial charge on any atom is -0.394 e. The molecule has 0 spiro atoms. The maximum Gasteiger partial charge on any atom is 0.0771 e. The van der Waals surface area contributed by atoms with Gasteiger partial charge in [0, 0.05) is 6.54 Å². The monoisotopic (exact) mass is 163 g/mol. The highest BCUT2D eigenvalue weighted by molar-refractivity contribution is 4.61. The summed E-state index contributed by atoms with van der Waals surface area (Å²) >= 11 is 0. The summed E-state index contributed by atoms with van der Waals surface area (Å²) in [7, 11) is 1.76. The maximum absolute atomic E-state index is 9.14. The van der Waals surface area contributed by atoms with Crippen LogP contribution in [0.15, 0.2) is 0 Å². The molecule has 0 aromatic carbocycles. The first kappa shape index (κ1) is 10.8. The molecule has 0 saturated carbocycles. The highest BCUT2D eigenvalue weighted by Crippen LogP contribution is 1.99. The predicted octanol–water partition coefficient (Wildman–Crippen LogP) is -1.30. The molecular weight excluding hydrogens is 146 g/mol. The number of rotatable bonds is 6. The summed E-state index contributed by atoms with van der Waals surface area (Å²) in [4.78, 5) is 0. The van der Waals surface area contributed by atoms with Gasteiger partial charge in [0.2, 0.25) is 0 Å². The summed E-state index contributed by atoms with van der Waals surface area (Å²) in [6, 6.07) is 0. The van der Waals surface area contributed by atoms with E-state index in [2.05, 4.69) is 5.32 Å². The van der Waals surface area contributed by atoms with Gasteiger partial charge in [-0.05, 0) is 19.9 Å². The van der Waals surface area contributed by atoms with Crippen molar-refractivity contribution in [2.75, 3.05) is 20.2 Å². The van der Waals surface area contributed by atoms with Crippen molar-refractivity contribution in [1.82, 2.24) is 5.32 Å². The molecule has 4 N–H and O–H groups in total. The van der Waals surface area contributed by atoms with Gasteiger partial charge in [0.1, 0.15) is 0 Å². The third-order valence-corrected chi connectivity index (χ3v) is 1.48. The Morgan fingerprint density at radius 1 is 1.18 bits per heavy atom. The maximum atomic E-state index is 9.14. The Morgan fingerprint density at radius 2 is 1.73 bits per heavy atom. The molecule has 0 rings (SSSR count). The van der Waals surface area contributed by atoms with E-state index in [4.69, 9.17) is 15.3 Å². The van der Waals surface area contributed by atoms with Crippen LogP contribution in [0.1, 0.15) is 12.8 Å². The summed E-state index contributed by atoms with van der Waals surface area (Å²) in [5.41, 5.74) is 0. The molecule has 0 amide bonds. The molecule has 0 fully saturated rings. The fraction of sp³-hybridized carbons (Fsp3) is 1.00. The standard InChI is InChI=1S/C7H17NO3/c1-8-4-6(10)2-3-7(11)5-9/h6-11H,2-5H2,1H3. The van der Waals surface area contributed by atoms with E-state index in [1.807, 2.05) is 0 Å². The first-order chi connectivity index (χ1) is 5.20. The number of aliphatic hydroxyl groups excluding tert-OH is 3. The minimum absolute atomic E-state index is 0.230. The quantitative estimate of drug-likeness (QED) is 0.393. The van der Waals surface area contributed by atoms with Gasteiger partial charge in [-0.1, -0.05) is 0 Å². The van der Waals surface area contributed by atoms with E-state index in [1.54, 1.807) is 7.05 Å². The Hall–Kier alpha value is -0.160. The molecule has 4 nitrogen and oxygen atoms in total. The normalized spacial score (nSPS) is 16.4. The van der Waals surface area contributed by atoms with Crippen LogP contribution >= 0.6 is 0 Å². The van der Waals surface area contributed by atoms with Crippen LogP contribution in [0.25, 0.3) is 0 Å². The fourth-order valence-corrected chi connectivity index (χ4v) is 0.814. The molecule has 0 bridgehead atoms. The van der Waals surface area contributed by atoms with Crippen LogP contribution in [-0.4, -0.2) is 47.7 Å². The SMILES string of the molecule is CNCC(O)CCC(O)CO. The van der Waals surface area contributed by atoms with Gasteiger partial charge in [-0.25, -0.2) is 0 Å². The van der Waals surface area contributed by atoms with Crippen LogP contribution in [-0.2, 0) is 0 Å². The lowest BCUT2D eigenvalue weighted by atomic mass is 10.1. The molecule has 0 aliphatic carbocycles. The largest absolute Gasteiger partial charge is 0.394 e. The van der Waals surface area contributed by atoms with Crippen LogP contribution in [0.2, 0.25) is 0 Å². The van der Waals surface area contributed by atoms with Gasteiger partial charge in [-0.15, -0.1) is 0 Å². The number of likely N-dealkylation sites (N-methyl/N-ethyl adjacent to an activating group) is 1. The van der Waals surface area contributed by atoms with Crippen molar-refractivity contribution in [3.8, 4) is 0 Å². The van der Waals surface area contributed by atoms with Crippen LogP contribution in [0.5, 0.6) is 0 Å². The number of nitrogens with one attached hydrogen (secondary N) is 1. The molecule has 0 aromatic rings.